The summed E-state index contributed by atoms with van der Waals surface area (Å²) < 4.78 is 10.5. The molecular formula is C19H19N3O3. The van der Waals surface area contributed by atoms with E-state index in [9.17, 15) is 4.79 Å². The number of aryl methyl sites for hydroxylation is 2. The van der Waals surface area contributed by atoms with Crippen molar-refractivity contribution in [3.8, 4) is 17.0 Å². The Kier molecular flexibility index (Phi) is 4.79. The van der Waals surface area contributed by atoms with Crippen LogP contribution in [0.3, 0.4) is 0 Å². The zero-order valence-corrected chi connectivity index (χ0v) is 14.3. The van der Waals surface area contributed by atoms with Gasteiger partial charge in [-0.1, -0.05) is 36.4 Å². The number of rotatable bonds is 5. The van der Waals surface area contributed by atoms with Crippen LogP contribution in [0.2, 0.25) is 0 Å². The van der Waals surface area contributed by atoms with Crippen molar-refractivity contribution in [3.63, 3.8) is 0 Å². The Morgan fingerprint density at radius 3 is 2.56 bits per heavy atom. The van der Waals surface area contributed by atoms with Crippen molar-refractivity contribution in [2.24, 2.45) is 0 Å². The highest BCUT2D eigenvalue weighted by atomic mass is 16.6. The molecule has 0 saturated heterocycles. The molecule has 6 heteroatoms. The number of hydrogen-bond donors (Lipinski definition) is 1. The summed E-state index contributed by atoms with van der Waals surface area (Å²) >= 11 is 0. The summed E-state index contributed by atoms with van der Waals surface area (Å²) in [4.78, 5) is 12.4. The van der Waals surface area contributed by atoms with Crippen LogP contribution in [-0.4, -0.2) is 22.3 Å². The van der Waals surface area contributed by atoms with E-state index < -0.39 is 6.10 Å². The van der Waals surface area contributed by atoms with E-state index in [2.05, 4.69) is 15.6 Å². The molecule has 0 aliphatic carbocycles. The molecule has 1 atom stereocenters. The van der Waals surface area contributed by atoms with Gasteiger partial charge < -0.3 is 10.1 Å². The van der Waals surface area contributed by atoms with Crippen molar-refractivity contribution < 1.29 is 14.2 Å². The van der Waals surface area contributed by atoms with Gasteiger partial charge in [-0.2, -0.15) is 0 Å². The predicted molar refractivity (Wildman–Crippen MR) is 94.4 cm³/mol. The zero-order chi connectivity index (χ0) is 17.8. The van der Waals surface area contributed by atoms with Gasteiger partial charge in [-0.3, -0.25) is 4.79 Å². The SMILES string of the molecule is Cc1ccc(O[C@@H](C)C(=O)Nc2nonc2-c2ccccc2)cc1C. The third-order valence-electron chi connectivity index (χ3n) is 3.94. The van der Waals surface area contributed by atoms with E-state index in [1.807, 2.05) is 62.4 Å². The van der Waals surface area contributed by atoms with Gasteiger partial charge in [0.05, 0.1) is 0 Å². The van der Waals surface area contributed by atoms with Crippen molar-refractivity contribution in [2.45, 2.75) is 26.9 Å². The van der Waals surface area contributed by atoms with Gasteiger partial charge in [0.2, 0.25) is 5.82 Å². The van der Waals surface area contributed by atoms with E-state index in [0.29, 0.717) is 11.4 Å². The lowest BCUT2D eigenvalue weighted by molar-refractivity contribution is -0.122. The normalized spacial score (nSPS) is 11.8. The van der Waals surface area contributed by atoms with E-state index >= 15 is 0 Å². The van der Waals surface area contributed by atoms with Crippen molar-refractivity contribution in [2.75, 3.05) is 5.32 Å². The highest BCUT2D eigenvalue weighted by Crippen LogP contribution is 2.24. The number of benzene rings is 2. The van der Waals surface area contributed by atoms with E-state index in [4.69, 9.17) is 9.37 Å². The smallest absolute Gasteiger partial charge is 0.266 e. The van der Waals surface area contributed by atoms with Crippen LogP contribution in [0.1, 0.15) is 18.1 Å². The van der Waals surface area contributed by atoms with E-state index in [1.165, 1.54) is 5.56 Å². The van der Waals surface area contributed by atoms with Crippen LogP contribution < -0.4 is 10.1 Å². The van der Waals surface area contributed by atoms with Crippen molar-refractivity contribution in [1.82, 2.24) is 10.3 Å². The molecule has 0 fully saturated rings. The topological polar surface area (TPSA) is 77.2 Å². The van der Waals surface area contributed by atoms with Gasteiger partial charge in [-0.15, -0.1) is 0 Å². The summed E-state index contributed by atoms with van der Waals surface area (Å²) in [5.41, 5.74) is 3.57. The summed E-state index contributed by atoms with van der Waals surface area (Å²) in [7, 11) is 0. The number of carbonyl (C=O) groups excluding carboxylic acids is 1. The molecule has 6 nitrogen and oxygen atoms in total. The Hall–Kier alpha value is -3.15. The lowest BCUT2D eigenvalue weighted by atomic mass is 10.1. The number of anilines is 1. The monoisotopic (exact) mass is 337 g/mol. The molecule has 0 bridgehead atoms. The number of carbonyl (C=O) groups is 1. The molecule has 1 amide bonds. The molecule has 0 unspecified atom stereocenters. The number of aromatic nitrogens is 2. The third kappa shape index (κ3) is 3.85. The van der Waals surface area contributed by atoms with E-state index in [0.717, 1.165) is 11.1 Å². The minimum atomic E-state index is -0.692. The largest absolute Gasteiger partial charge is 0.481 e. The van der Waals surface area contributed by atoms with Crippen molar-refractivity contribution in [1.29, 1.82) is 0 Å². The van der Waals surface area contributed by atoms with Gasteiger partial charge in [-0.05, 0) is 54.3 Å². The first-order valence-corrected chi connectivity index (χ1v) is 7.97. The molecule has 1 aromatic heterocycles. The average molecular weight is 337 g/mol. The minimum absolute atomic E-state index is 0.270. The summed E-state index contributed by atoms with van der Waals surface area (Å²) in [6.45, 7) is 5.71. The summed E-state index contributed by atoms with van der Waals surface area (Å²) in [5.74, 6) is 0.588. The molecule has 2 aromatic carbocycles. The first-order chi connectivity index (χ1) is 12.0. The minimum Gasteiger partial charge on any atom is -0.481 e. The summed E-state index contributed by atoms with van der Waals surface area (Å²) in [6.07, 6.45) is -0.692. The first kappa shape index (κ1) is 16.7. The van der Waals surface area contributed by atoms with Gasteiger partial charge in [0.25, 0.3) is 5.91 Å². The second-order valence-corrected chi connectivity index (χ2v) is 5.82. The van der Waals surface area contributed by atoms with Gasteiger partial charge in [-0.25, -0.2) is 4.63 Å². The maximum atomic E-state index is 12.4. The van der Waals surface area contributed by atoms with Crippen molar-refractivity contribution in [3.05, 3.63) is 59.7 Å². The number of hydrogen-bond acceptors (Lipinski definition) is 5. The standard InChI is InChI=1S/C19H19N3O3/c1-12-9-10-16(11-13(12)2)24-14(3)19(23)20-18-17(21-25-22-18)15-7-5-4-6-8-15/h4-11,14H,1-3H3,(H,20,22,23)/t14-/m0/s1. The summed E-state index contributed by atoms with van der Waals surface area (Å²) in [5, 5.41) is 10.3. The fraction of sp³-hybridized carbons (Fsp3) is 0.211. The Labute approximate surface area is 145 Å². The molecule has 3 rings (SSSR count). The van der Waals surface area contributed by atoms with Crippen LogP contribution in [-0.2, 0) is 4.79 Å². The molecule has 25 heavy (non-hydrogen) atoms. The van der Waals surface area contributed by atoms with Crippen LogP contribution in [0.4, 0.5) is 5.82 Å². The van der Waals surface area contributed by atoms with E-state index in [-0.39, 0.29) is 11.7 Å². The molecule has 128 valence electrons. The molecule has 0 saturated carbocycles. The van der Waals surface area contributed by atoms with Crippen LogP contribution >= 0.6 is 0 Å². The molecular weight excluding hydrogens is 318 g/mol. The van der Waals surface area contributed by atoms with Crippen LogP contribution in [0.15, 0.2) is 53.2 Å². The van der Waals surface area contributed by atoms with Crippen LogP contribution in [0.25, 0.3) is 11.3 Å². The quantitative estimate of drug-likeness (QED) is 0.767. The Bertz CT molecular complexity index is 875. The van der Waals surface area contributed by atoms with Gasteiger partial charge in [0, 0.05) is 5.56 Å². The molecule has 0 aliphatic heterocycles. The third-order valence-corrected chi connectivity index (χ3v) is 3.94. The molecule has 0 radical (unpaired) electrons. The molecule has 0 spiro atoms. The lowest BCUT2D eigenvalue weighted by Gasteiger charge is -2.15. The highest BCUT2D eigenvalue weighted by Gasteiger charge is 2.20. The molecule has 0 aliphatic rings. The second kappa shape index (κ2) is 7.17. The number of amides is 1. The fourth-order valence-electron chi connectivity index (χ4n) is 2.32. The van der Waals surface area contributed by atoms with Gasteiger partial charge in [0.15, 0.2) is 11.8 Å². The van der Waals surface area contributed by atoms with Crippen molar-refractivity contribution >= 4 is 11.7 Å². The Balaban J connectivity index is 1.70. The molecule has 1 heterocycles. The first-order valence-electron chi connectivity index (χ1n) is 7.97. The zero-order valence-electron chi connectivity index (χ0n) is 14.3. The van der Waals surface area contributed by atoms with Crippen LogP contribution in [0, 0.1) is 13.8 Å². The Morgan fingerprint density at radius 2 is 1.84 bits per heavy atom. The summed E-state index contributed by atoms with van der Waals surface area (Å²) in [6, 6.07) is 15.1. The highest BCUT2D eigenvalue weighted by molar-refractivity contribution is 5.95. The Morgan fingerprint density at radius 1 is 1.08 bits per heavy atom. The fourth-order valence-corrected chi connectivity index (χ4v) is 2.32. The van der Waals surface area contributed by atoms with Crippen LogP contribution in [0.5, 0.6) is 5.75 Å². The molecule has 3 aromatic rings. The van der Waals surface area contributed by atoms with Gasteiger partial charge in [0.1, 0.15) is 5.75 Å². The maximum absolute atomic E-state index is 12.4. The average Bonchev–Trinajstić information content (AvgIpc) is 3.07. The number of ether oxygens (including phenoxy) is 1. The maximum Gasteiger partial charge on any atom is 0.266 e. The number of nitrogens with one attached hydrogen (secondary N) is 1. The predicted octanol–water partition coefficient (Wildman–Crippen LogP) is 3.76. The lowest BCUT2D eigenvalue weighted by Crippen LogP contribution is -2.30. The van der Waals surface area contributed by atoms with E-state index in [1.54, 1.807) is 6.92 Å². The van der Waals surface area contributed by atoms with Gasteiger partial charge >= 0.3 is 0 Å². The molecule has 1 N–H and O–H groups in total. The number of nitrogens with zero attached hydrogens (tertiary/aromatic N) is 2. The second-order valence-electron chi connectivity index (χ2n) is 5.82.